The van der Waals surface area contributed by atoms with E-state index >= 15 is 0 Å². The van der Waals surface area contributed by atoms with Crippen LogP contribution >= 0.6 is 0 Å². The Morgan fingerprint density at radius 2 is 2.13 bits per heavy atom. The Morgan fingerprint density at radius 3 is 2.83 bits per heavy atom. The van der Waals surface area contributed by atoms with Crippen molar-refractivity contribution in [1.29, 1.82) is 5.26 Å². The van der Waals surface area contributed by atoms with E-state index in [1.807, 2.05) is 36.4 Å². The van der Waals surface area contributed by atoms with Crippen LogP contribution in [0.2, 0.25) is 0 Å². The van der Waals surface area contributed by atoms with E-state index < -0.39 is 18.3 Å². The summed E-state index contributed by atoms with van der Waals surface area (Å²) in [6, 6.07) is 11.0. The molecule has 2 atom stereocenters. The fourth-order valence-electron chi connectivity index (χ4n) is 1.89. The van der Waals surface area contributed by atoms with Crippen LogP contribution in [-0.2, 0) is 11.3 Å². The Hall–Kier alpha value is -2.89. The van der Waals surface area contributed by atoms with Gasteiger partial charge in [-0.15, -0.1) is 0 Å². The van der Waals surface area contributed by atoms with Crippen molar-refractivity contribution in [1.82, 2.24) is 15.5 Å². The van der Waals surface area contributed by atoms with E-state index in [1.54, 1.807) is 0 Å². The monoisotopic (exact) mass is 316 g/mol. The molecule has 0 saturated carbocycles. The largest absolute Gasteiger partial charge is 0.445 e. The number of hydrogen-bond acceptors (Lipinski definition) is 6. The number of alkyl carbamates (subject to hydrolysis) is 1. The second-order valence-corrected chi connectivity index (χ2v) is 4.77. The quantitative estimate of drug-likeness (QED) is 0.617. The Balaban J connectivity index is 1.78. The van der Waals surface area contributed by atoms with Crippen molar-refractivity contribution < 1.29 is 19.7 Å². The van der Waals surface area contributed by atoms with Gasteiger partial charge >= 0.3 is 6.09 Å². The number of rotatable bonds is 6. The summed E-state index contributed by atoms with van der Waals surface area (Å²) in [7, 11) is 0. The lowest BCUT2D eigenvalue weighted by Gasteiger charge is -2.17. The van der Waals surface area contributed by atoms with Crippen molar-refractivity contribution >= 4 is 6.09 Å². The first-order chi connectivity index (χ1) is 11.1. The van der Waals surface area contributed by atoms with Crippen molar-refractivity contribution in [3.63, 3.8) is 0 Å². The van der Waals surface area contributed by atoms with Gasteiger partial charge in [-0.2, -0.15) is 10.4 Å². The van der Waals surface area contributed by atoms with E-state index in [4.69, 9.17) is 10.00 Å². The molecule has 0 bridgehead atoms. The molecule has 4 N–H and O–H groups in total. The second kappa shape index (κ2) is 7.93. The van der Waals surface area contributed by atoms with Gasteiger partial charge in [0.05, 0.1) is 6.20 Å². The highest BCUT2D eigenvalue weighted by atomic mass is 16.5. The van der Waals surface area contributed by atoms with Crippen LogP contribution in [0.5, 0.6) is 0 Å². The Labute approximate surface area is 132 Å². The number of amides is 1. The summed E-state index contributed by atoms with van der Waals surface area (Å²) in [5.41, 5.74) is 1.06. The zero-order valence-electron chi connectivity index (χ0n) is 12.1. The molecular formula is C15H16N4O4. The number of hydrogen-bond donors (Lipinski definition) is 4. The first-order valence-electron chi connectivity index (χ1n) is 6.86. The number of H-pyrrole nitrogens is 1. The molecule has 2 rings (SSSR count). The molecule has 2 unspecified atom stereocenters. The van der Waals surface area contributed by atoms with Crippen LogP contribution < -0.4 is 5.32 Å². The van der Waals surface area contributed by atoms with E-state index in [0.717, 1.165) is 5.56 Å². The number of nitrogens with zero attached hydrogens (tertiary/aromatic N) is 2. The third kappa shape index (κ3) is 4.54. The fourth-order valence-corrected chi connectivity index (χ4v) is 1.89. The van der Waals surface area contributed by atoms with Crippen LogP contribution in [0, 0.1) is 11.3 Å². The van der Waals surface area contributed by atoms with Gasteiger partial charge in [-0.1, -0.05) is 30.3 Å². The molecule has 8 heteroatoms. The van der Waals surface area contributed by atoms with Crippen molar-refractivity contribution in [2.75, 3.05) is 6.54 Å². The second-order valence-electron chi connectivity index (χ2n) is 4.77. The average Bonchev–Trinajstić information content (AvgIpc) is 3.06. The third-order valence-corrected chi connectivity index (χ3v) is 3.13. The molecular weight excluding hydrogens is 300 g/mol. The molecule has 0 aliphatic carbocycles. The molecule has 1 amide bonds. The SMILES string of the molecule is N#Cc1[nH]ncc1C(O)C(O)CNC(=O)OCc1ccccc1. The predicted molar refractivity (Wildman–Crippen MR) is 78.9 cm³/mol. The van der Waals surface area contributed by atoms with Crippen LogP contribution in [0.25, 0.3) is 0 Å². The number of benzene rings is 1. The zero-order chi connectivity index (χ0) is 16.7. The molecule has 0 saturated heterocycles. The number of aromatic amines is 1. The van der Waals surface area contributed by atoms with Gasteiger partial charge in [-0.3, -0.25) is 5.10 Å². The normalized spacial score (nSPS) is 12.9. The molecule has 0 radical (unpaired) electrons. The van der Waals surface area contributed by atoms with Gasteiger partial charge in [-0.05, 0) is 5.56 Å². The number of ether oxygens (including phenoxy) is 1. The summed E-state index contributed by atoms with van der Waals surface area (Å²) in [6.45, 7) is -0.129. The van der Waals surface area contributed by atoms with E-state index in [9.17, 15) is 15.0 Å². The van der Waals surface area contributed by atoms with Gasteiger partial charge in [-0.25, -0.2) is 4.79 Å². The molecule has 0 aliphatic rings. The van der Waals surface area contributed by atoms with Crippen LogP contribution in [0.4, 0.5) is 4.79 Å². The number of aliphatic hydroxyl groups is 2. The van der Waals surface area contributed by atoms with Crippen LogP contribution in [-0.4, -0.2) is 39.2 Å². The maximum absolute atomic E-state index is 11.6. The molecule has 2 aromatic rings. The minimum absolute atomic E-state index is 0.0585. The number of aromatic nitrogens is 2. The fraction of sp³-hybridized carbons (Fsp3) is 0.267. The van der Waals surface area contributed by atoms with Crippen molar-refractivity contribution in [2.24, 2.45) is 0 Å². The molecule has 0 spiro atoms. The zero-order valence-corrected chi connectivity index (χ0v) is 12.1. The van der Waals surface area contributed by atoms with Crippen LogP contribution in [0.3, 0.4) is 0 Å². The summed E-state index contributed by atoms with van der Waals surface area (Å²) >= 11 is 0. The van der Waals surface area contributed by atoms with Crippen LogP contribution in [0.1, 0.15) is 22.9 Å². The smallest absolute Gasteiger partial charge is 0.407 e. The van der Waals surface area contributed by atoms with Crippen molar-refractivity contribution in [3.8, 4) is 6.07 Å². The molecule has 23 heavy (non-hydrogen) atoms. The minimum atomic E-state index is -1.35. The van der Waals surface area contributed by atoms with Gasteiger partial charge in [0.25, 0.3) is 0 Å². The van der Waals surface area contributed by atoms with Gasteiger partial charge in [0.1, 0.15) is 30.6 Å². The first-order valence-corrected chi connectivity index (χ1v) is 6.86. The lowest BCUT2D eigenvalue weighted by molar-refractivity contribution is 0.0182. The Kier molecular flexibility index (Phi) is 5.68. The molecule has 1 aromatic heterocycles. The van der Waals surface area contributed by atoms with E-state index in [0.29, 0.717) is 0 Å². The number of carbonyl (C=O) groups excluding carboxylic acids is 1. The van der Waals surface area contributed by atoms with Crippen molar-refractivity contribution in [3.05, 3.63) is 53.3 Å². The molecule has 0 fully saturated rings. The highest BCUT2D eigenvalue weighted by Gasteiger charge is 2.23. The average molecular weight is 316 g/mol. The lowest BCUT2D eigenvalue weighted by Crippen LogP contribution is -2.35. The van der Waals surface area contributed by atoms with E-state index in [2.05, 4.69) is 15.5 Å². The summed E-state index contributed by atoms with van der Waals surface area (Å²) in [4.78, 5) is 11.6. The van der Waals surface area contributed by atoms with E-state index in [-0.39, 0.29) is 24.4 Å². The standard InChI is InChI=1S/C15H16N4O4/c16-6-12-11(7-18-19-12)14(21)13(20)8-17-15(22)23-9-10-4-2-1-3-5-10/h1-5,7,13-14,20-21H,8-9H2,(H,17,22)(H,18,19). The highest BCUT2D eigenvalue weighted by Crippen LogP contribution is 2.18. The van der Waals surface area contributed by atoms with Gasteiger partial charge in [0.15, 0.2) is 0 Å². The topological polar surface area (TPSA) is 131 Å². The summed E-state index contributed by atoms with van der Waals surface area (Å²) < 4.78 is 4.98. The predicted octanol–water partition coefficient (Wildman–Crippen LogP) is 0.602. The van der Waals surface area contributed by atoms with Crippen LogP contribution in [0.15, 0.2) is 36.5 Å². The lowest BCUT2D eigenvalue weighted by atomic mass is 10.1. The minimum Gasteiger partial charge on any atom is -0.445 e. The molecule has 8 nitrogen and oxygen atoms in total. The Bertz CT molecular complexity index is 680. The maximum Gasteiger partial charge on any atom is 0.407 e. The maximum atomic E-state index is 11.6. The number of aliphatic hydroxyl groups excluding tert-OH is 2. The highest BCUT2D eigenvalue weighted by molar-refractivity contribution is 5.67. The Morgan fingerprint density at radius 1 is 1.39 bits per heavy atom. The van der Waals surface area contributed by atoms with Gasteiger partial charge < -0.3 is 20.3 Å². The third-order valence-electron chi connectivity index (χ3n) is 3.13. The number of carbonyl (C=O) groups is 1. The van der Waals surface area contributed by atoms with Gasteiger partial charge in [0, 0.05) is 12.1 Å². The van der Waals surface area contributed by atoms with Crippen molar-refractivity contribution in [2.45, 2.75) is 18.8 Å². The number of nitrogens with one attached hydrogen (secondary N) is 2. The molecule has 120 valence electrons. The first kappa shape index (κ1) is 16.5. The summed E-state index contributed by atoms with van der Waals surface area (Å²) in [5.74, 6) is 0. The van der Waals surface area contributed by atoms with Gasteiger partial charge in [0.2, 0.25) is 0 Å². The summed E-state index contributed by atoms with van der Waals surface area (Å²) in [6.07, 6.45) is -2.12. The summed E-state index contributed by atoms with van der Waals surface area (Å²) in [5, 5.41) is 37.0. The van der Waals surface area contributed by atoms with E-state index in [1.165, 1.54) is 6.20 Å². The molecule has 1 heterocycles. The molecule has 1 aromatic carbocycles. The molecule has 0 aliphatic heterocycles. The number of nitriles is 1.